The van der Waals surface area contributed by atoms with Crippen molar-refractivity contribution in [1.82, 2.24) is 4.98 Å². The molecule has 0 saturated carbocycles. The average molecular weight is 284 g/mol. The smallest absolute Gasteiger partial charge is 0.277 e. The molecule has 1 aromatic carbocycles. The van der Waals surface area contributed by atoms with E-state index in [9.17, 15) is 10.1 Å². The van der Waals surface area contributed by atoms with Crippen LogP contribution in [0.2, 0.25) is 0 Å². The minimum atomic E-state index is -0.365. The molecule has 2 N–H and O–H groups in total. The van der Waals surface area contributed by atoms with E-state index in [1.807, 2.05) is 23.1 Å². The molecule has 0 unspecified atom stereocenters. The molecule has 3 rings (SSSR count). The lowest BCUT2D eigenvalue weighted by atomic mass is 9.98. The average Bonchev–Trinajstić information content (AvgIpc) is 2.47. The molecule has 6 heteroatoms. The van der Waals surface area contributed by atoms with Gasteiger partial charge in [0.05, 0.1) is 11.0 Å². The second-order valence-corrected chi connectivity index (χ2v) is 5.24. The van der Waals surface area contributed by atoms with Gasteiger partial charge in [0.1, 0.15) is 5.82 Å². The molecule has 0 saturated heterocycles. The molecule has 0 atom stereocenters. The van der Waals surface area contributed by atoms with Crippen LogP contribution in [0, 0.1) is 17.0 Å². The Hall–Kier alpha value is -2.63. The summed E-state index contributed by atoms with van der Waals surface area (Å²) in [5.74, 6) is 0.639. The van der Waals surface area contributed by atoms with E-state index in [0.717, 1.165) is 24.2 Å². The van der Waals surface area contributed by atoms with Gasteiger partial charge in [0.25, 0.3) is 5.69 Å². The van der Waals surface area contributed by atoms with Crippen molar-refractivity contribution < 1.29 is 4.92 Å². The number of hydrogen-bond donors (Lipinski definition) is 1. The van der Waals surface area contributed by atoms with Gasteiger partial charge in [-0.15, -0.1) is 0 Å². The van der Waals surface area contributed by atoms with Crippen molar-refractivity contribution in [1.29, 1.82) is 0 Å². The molecule has 2 heterocycles. The Morgan fingerprint density at radius 3 is 3.00 bits per heavy atom. The first kappa shape index (κ1) is 13.4. The largest absolute Gasteiger partial charge is 0.398 e. The van der Waals surface area contributed by atoms with E-state index in [4.69, 9.17) is 5.73 Å². The van der Waals surface area contributed by atoms with E-state index in [1.54, 1.807) is 19.2 Å². The molecule has 2 aromatic rings. The number of rotatable bonds is 2. The van der Waals surface area contributed by atoms with Gasteiger partial charge in [0.2, 0.25) is 0 Å². The molecule has 0 bridgehead atoms. The highest BCUT2D eigenvalue weighted by atomic mass is 16.6. The number of aromatic nitrogens is 1. The van der Waals surface area contributed by atoms with Gasteiger partial charge in [-0.3, -0.25) is 10.1 Å². The van der Waals surface area contributed by atoms with Crippen LogP contribution in [0.3, 0.4) is 0 Å². The Morgan fingerprint density at radius 1 is 1.43 bits per heavy atom. The molecule has 21 heavy (non-hydrogen) atoms. The first-order chi connectivity index (χ1) is 10.1. The number of nitrogens with two attached hydrogens (primary N) is 1. The summed E-state index contributed by atoms with van der Waals surface area (Å²) >= 11 is 0. The molecule has 1 aromatic heterocycles. The summed E-state index contributed by atoms with van der Waals surface area (Å²) in [6, 6.07) is 7.43. The minimum absolute atomic E-state index is 0.110. The summed E-state index contributed by atoms with van der Waals surface area (Å²) in [6.45, 7) is 3.13. The fourth-order valence-corrected chi connectivity index (χ4v) is 2.71. The van der Waals surface area contributed by atoms with Crippen molar-refractivity contribution in [3.05, 3.63) is 57.3 Å². The third-order valence-electron chi connectivity index (χ3n) is 3.88. The van der Waals surface area contributed by atoms with Gasteiger partial charge >= 0.3 is 0 Å². The summed E-state index contributed by atoms with van der Waals surface area (Å²) < 4.78 is 0. The number of benzene rings is 1. The number of nitro groups is 1. The normalized spacial score (nSPS) is 13.9. The maximum Gasteiger partial charge on any atom is 0.277 e. The summed E-state index contributed by atoms with van der Waals surface area (Å²) in [4.78, 5) is 17.1. The fourth-order valence-electron chi connectivity index (χ4n) is 2.71. The van der Waals surface area contributed by atoms with Crippen molar-refractivity contribution in [2.24, 2.45) is 0 Å². The molecule has 0 aliphatic carbocycles. The second-order valence-electron chi connectivity index (χ2n) is 5.24. The fraction of sp³-hybridized carbons (Fsp3) is 0.267. The van der Waals surface area contributed by atoms with Crippen molar-refractivity contribution in [3.63, 3.8) is 0 Å². The number of anilines is 2. The highest BCUT2D eigenvalue weighted by Crippen LogP contribution is 2.29. The Labute approximate surface area is 122 Å². The Morgan fingerprint density at radius 2 is 2.24 bits per heavy atom. The zero-order chi connectivity index (χ0) is 15.0. The molecular weight excluding hydrogens is 268 g/mol. The third kappa shape index (κ3) is 2.40. The Kier molecular flexibility index (Phi) is 3.21. The number of hydrogen-bond acceptors (Lipinski definition) is 5. The number of nitrogens with zero attached hydrogens (tertiary/aromatic N) is 3. The highest BCUT2D eigenvalue weighted by molar-refractivity contribution is 5.57. The lowest BCUT2D eigenvalue weighted by molar-refractivity contribution is -0.385. The van der Waals surface area contributed by atoms with E-state index in [1.165, 1.54) is 5.56 Å². The third-order valence-corrected chi connectivity index (χ3v) is 3.88. The van der Waals surface area contributed by atoms with E-state index >= 15 is 0 Å². The topological polar surface area (TPSA) is 85.3 Å². The van der Waals surface area contributed by atoms with E-state index in [2.05, 4.69) is 4.98 Å². The number of nitrogen functional groups attached to an aromatic ring is 1. The van der Waals surface area contributed by atoms with Crippen LogP contribution in [-0.4, -0.2) is 16.5 Å². The second kappa shape index (κ2) is 5.05. The molecular formula is C15H16N4O2. The van der Waals surface area contributed by atoms with Gasteiger partial charge < -0.3 is 10.6 Å². The maximum absolute atomic E-state index is 11.0. The maximum atomic E-state index is 11.0. The van der Waals surface area contributed by atoms with Gasteiger partial charge in [-0.2, -0.15) is 0 Å². The zero-order valence-electron chi connectivity index (χ0n) is 11.7. The van der Waals surface area contributed by atoms with Crippen LogP contribution in [0.5, 0.6) is 0 Å². The molecule has 1 aliphatic heterocycles. The van der Waals surface area contributed by atoms with Crippen LogP contribution in [0.25, 0.3) is 0 Å². The van der Waals surface area contributed by atoms with Crippen LogP contribution < -0.4 is 10.6 Å². The van der Waals surface area contributed by atoms with E-state index in [-0.39, 0.29) is 10.6 Å². The predicted octanol–water partition coefficient (Wildman–Crippen LogP) is 2.44. The molecule has 0 fully saturated rings. The van der Waals surface area contributed by atoms with E-state index in [0.29, 0.717) is 17.9 Å². The Bertz CT molecular complexity index is 715. The lowest BCUT2D eigenvalue weighted by Crippen LogP contribution is -2.31. The van der Waals surface area contributed by atoms with Crippen molar-refractivity contribution >= 4 is 17.2 Å². The molecule has 0 radical (unpaired) electrons. The Balaban J connectivity index is 1.93. The minimum Gasteiger partial charge on any atom is -0.398 e. The molecule has 1 aliphatic rings. The van der Waals surface area contributed by atoms with Gasteiger partial charge in [-0.05, 0) is 30.5 Å². The van der Waals surface area contributed by atoms with Crippen LogP contribution in [-0.2, 0) is 13.0 Å². The van der Waals surface area contributed by atoms with Gasteiger partial charge in [-0.1, -0.05) is 12.1 Å². The molecule has 0 amide bonds. The van der Waals surface area contributed by atoms with Crippen LogP contribution in [0.4, 0.5) is 17.2 Å². The predicted molar refractivity (Wildman–Crippen MR) is 81.2 cm³/mol. The summed E-state index contributed by atoms with van der Waals surface area (Å²) in [7, 11) is 0. The van der Waals surface area contributed by atoms with Crippen molar-refractivity contribution in [2.75, 3.05) is 17.2 Å². The van der Waals surface area contributed by atoms with Gasteiger partial charge in [0, 0.05) is 30.5 Å². The van der Waals surface area contributed by atoms with Crippen LogP contribution >= 0.6 is 0 Å². The van der Waals surface area contributed by atoms with Crippen LogP contribution in [0.1, 0.15) is 16.7 Å². The van der Waals surface area contributed by atoms with Gasteiger partial charge in [-0.25, -0.2) is 4.98 Å². The first-order valence-corrected chi connectivity index (χ1v) is 6.78. The number of aryl methyl sites for hydroxylation is 1. The number of fused-ring (bicyclic) bond motifs is 1. The standard InChI is InChI=1S/C15H16N4O2/c1-10-8-17-15(7-14(10)19(20)21)18-6-5-12-11(9-18)3-2-4-13(12)16/h2-4,7-8H,5-6,9,16H2,1H3. The highest BCUT2D eigenvalue weighted by Gasteiger charge is 2.21. The quantitative estimate of drug-likeness (QED) is 0.520. The van der Waals surface area contributed by atoms with Crippen LogP contribution in [0.15, 0.2) is 30.5 Å². The van der Waals surface area contributed by atoms with Gasteiger partial charge in [0.15, 0.2) is 0 Å². The summed E-state index contributed by atoms with van der Waals surface area (Å²) in [6.07, 6.45) is 2.38. The monoisotopic (exact) mass is 284 g/mol. The molecule has 0 spiro atoms. The SMILES string of the molecule is Cc1cnc(N2CCc3c(N)cccc3C2)cc1[N+](=O)[O-]. The molecule has 6 nitrogen and oxygen atoms in total. The van der Waals surface area contributed by atoms with E-state index < -0.39 is 0 Å². The van der Waals surface area contributed by atoms with Crippen molar-refractivity contribution in [2.45, 2.75) is 19.9 Å². The zero-order valence-corrected chi connectivity index (χ0v) is 11.7. The summed E-state index contributed by atoms with van der Waals surface area (Å²) in [5.41, 5.74) is 9.82. The van der Waals surface area contributed by atoms with Crippen molar-refractivity contribution in [3.8, 4) is 0 Å². The summed E-state index contributed by atoms with van der Waals surface area (Å²) in [5, 5.41) is 11.0. The first-order valence-electron chi connectivity index (χ1n) is 6.78. The number of pyridine rings is 1. The molecule has 108 valence electrons. The lowest BCUT2D eigenvalue weighted by Gasteiger charge is -2.30.